The maximum atomic E-state index is 12.4. The molecule has 3 aromatic rings. The van der Waals surface area contributed by atoms with Gasteiger partial charge >= 0.3 is 0 Å². The fourth-order valence-electron chi connectivity index (χ4n) is 2.36. The van der Waals surface area contributed by atoms with Gasteiger partial charge in [-0.05, 0) is 38.1 Å². The Labute approximate surface area is 161 Å². The molecule has 0 aliphatic carbocycles. The molecule has 0 radical (unpaired) electrons. The normalized spacial score (nSPS) is 12.0. The summed E-state index contributed by atoms with van der Waals surface area (Å²) in [6.45, 7) is 3.89. The van der Waals surface area contributed by atoms with Crippen molar-refractivity contribution in [3.05, 3.63) is 59.1 Å². The second-order valence-electron chi connectivity index (χ2n) is 5.99. The first-order valence-corrected chi connectivity index (χ1v) is 9.39. The van der Waals surface area contributed by atoms with Gasteiger partial charge in [0, 0.05) is 23.3 Å². The number of benzene rings is 2. The van der Waals surface area contributed by atoms with Gasteiger partial charge in [0.15, 0.2) is 11.0 Å². The van der Waals surface area contributed by atoms with Crippen molar-refractivity contribution in [2.75, 3.05) is 5.32 Å². The Bertz CT molecular complexity index is 906. The van der Waals surface area contributed by atoms with E-state index in [2.05, 4.69) is 15.5 Å². The van der Waals surface area contributed by atoms with Gasteiger partial charge in [0.05, 0.1) is 5.25 Å². The molecule has 7 heteroatoms. The average molecular weight is 387 g/mol. The molecule has 0 saturated heterocycles. The Morgan fingerprint density at radius 3 is 2.42 bits per heavy atom. The Balaban J connectivity index is 1.69. The summed E-state index contributed by atoms with van der Waals surface area (Å²) >= 11 is 7.23. The number of thioether (sulfide) groups is 1. The molecule has 3 rings (SSSR count). The van der Waals surface area contributed by atoms with Crippen LogP contribution < -0.4 is 5.32 Å². The highest BCUT2D eigenvalue weighted by atomic mass is 35.5. The van der Waals surface area contributed by atoms with Crippen LogP contribution in [0.5, 0.6) is 0 Å². The largest absolute Gasteiger partial charge is 0.325 e. The van der Waals surface area contributed by atoms with Crippen LogP contribution in [0.3, 0.4) is 0 Å². The number of rotatable bonds is 5. The zero-order valence-electron chi connectivity index (χ0n) is 14.7. The zero-order chi connectivity index (χ0) is 18.7. The quantitative estimate of drug-likeness (QED) is 0.653. The number of aromatic nitrogens is 3. The van der Waals surface area contributed by atoms with Crippen molar-refractivity contribution in [1.29, 1.82) is 0 Å². The second kappa shape index (κ2) is 7.93. The number of nitrogens with zero attached hydrogens (tertiary/aromatic N) is 3. The van der Waals surface area contributed by atoms with Gasteiger partial charge in [-0.3, -0.25) is 4.79 Å². The molecule has 0 fully saturated rings. The van der Waals surface area contributed by atoms with Crippen LogP contribution >= 0.6 is 23.4 Å². The molecular formula is C19H19ClN4OS. The maximum absolute atomic E-state index is 12.4. The van der Waals surface area contributed by atoms with E-state index in [1.165, 1.54) is 17.3 Å². The van der Waals surface area contributed by atoms with Gasteiger partial charge in [-0.2, -0.15) is 0 Å². The molecule has 134 valence electrons. The van der Waals surface area contributed by atoms with Crippen LogP contribution in [0, 0.1) is 6.92 Å². The first-order chi connectivity index (χ1) is 12.4. The molecular weight excluding hydrogens is 368 g/mol. The highest BCUT2D eigenvalue weighted by molar-refractivity contribution is 8.00. The van der Waals surface area contributed by atoms with Crippen LogP contribution in [0.4, 0.5) is 5.69 Å². The molecule has 0 spiro atoms. The topological polar surface area (TPSA) is 59.8 Å². The van der Waals surface area contributed by atoms with Gasteiger partial charge in [0.1, 0.15) is 0 Å². The lowest BCUT2D eigenvalue weighted by molar-refractivity contribution is -0.115. The number of carbonyl (C=O) groups is 1. The number of halogens is 1. The number of amides is 1. The molecule has 1 atom stereocenters. The Kier molecular flexibility index (Phi) is 5.64. The summed E-state index contributed by atoms with van der Waals surface area (Å²) in [5.74, 6) is 0.676. The van der Waals surface area contributed by atoms with E-state index in [4.69, 9.17) is 11.6 Å². The average Bonchev–Trinajstić information content (AvgIpc) is 2.98. The third-order valence-electron chi connectivity index (χ3n) is 3.91. The van der Waals surface area contributed by atoms with Crippen LogP contribution in [0.25, 0.3) is 11.4 Å². The van der Waals surface area contributed by atoms with E-state index in [9.17, 15) is 4.79 Å². The van der Waals surface area contributed by atoms with Crippen molar-refractivity contribution < 1.29 is 4.79 Å². The van der Waals surface area contributed by atoms with E-state index in [-0.39, 0.29) is 11.2 Å². The molecule has 1 aromatic heterocycles. The monoisotopic (exact) mass is 386 g/mol. The Morgan fingerprint density at radius 2 is 1.77 bits per heavy atom. The number of carbonyl (C=O) groups excluding carboxylic acids is 1. The number of nitrogens with one attached hydrogen (secondary N) is 1. The van der Waals surface area contributed by atoms with E-state index in [0.29, 0.717) is 15.9 Å². The molecule has 1 amide bonds. The second-order valence-corrected chi connectivity index (χ2v) is 7.73. The maximum Gasteiger partial charge on any atom is 0.237 e. The molecule has 1 unspecified atom stereocenters. The van der Waals surface area contributed by atoms with Crippen LogP contribution in [-0.2, 0) is 11.8 Å². The summed E-state index contributed by atoms with van der Waals surface area (Å²) in [5, 5.41) is 12.4. The minimum Gasteiger partial charge on any atom is -0.325 e. The van der Waals surface area contributed by atoms with Gasteiger partial charge < -0.3 is 9.88 Å². The number of anilines is 1. The molecule has 0 aliphatic heterocycles. The first kappa shape index (κ1) is 18.5. The summed E-state index contributed by atoms with van der Waals surface area (Å²) in [5.41, 5.74) is 2.90. The third-order valence-corrected chi connectivity index (χ3v) is 5.29. The van der Waals surface area contributed by atoms with Crippen LogP contribution in [0.2, 0.25) is 5.02 Å². The zero-order valence-corrected chi connectivity index (χ0v) is 16.3. The fraction of sp³-hybridized carbons (Fsp3) is 0.211. The van der Waals surface area contributed by atoms with E-state index < -0.39 is 0 Å². The van der Waals surface area contributed by atoms with Gasteiger partial charge in [0.25, 0.3) is 0 Å². The summed E-state index contributed by atoms with van der Waals surface area (Å²) < 4.78 is 1.90. The van der Waals surface area contributed by atoms with Crippen LogP contribution in [0.1, 0.15) is 12.5 Å². The molecule has 2 aromatic carbocycles. The van der Waals surface area contributed by atoms with E-state index in [0.717, 1.165) is 11.4 Å². The van der Waals surface area contributed by atoms with Crippen LogP contribution in [-0.4, -0.2) is 25.9 Å². The molecule has 0 aliphatic rings. The number of hydrogen-bond donors (Lipinski definition) is 1. The minimum atomic E-state index is -0.320. The van der Waals surface area contributed by atoms with Crippen LogP contribution in [0.15, 0.2) is 53.7 Å². The molecule has 1 N–H and O–H groups in total. The lowest BCUT2D eigenvalue weighted by Gasteiger charge is -2.12. The Morgan fingerprint density at radius 1 is 1.12 bits per heavy atom. The van der Waals surface area contributed by atoms with E-state index >= 15 is 0 Å². The van der Waals surface area contributed by atoms with Crippen molar-refractivity contribution >= 4 is 35.0 Å². The Hall–Kier alpha value is -2.31. The van der Waals surface area contributed by atoms with Gasteiger partial charge in [0.2, 0.25) is 5.91 Å². The summed E-state index contributed by atoms with van der Waals surface area (Å²) in [4.78, 5) is 12.4. The molecule has 26 heavy (non-hydrogen) atoms. The number of hydrogen-bond acceptors (Lipinski definition) is 4. The minimum absolute atomic E-state index is 0.0998. The predicted molar refractivity (Wildman–Crippen MR) is 107 cm³/mol. The van der Waals surface area contributed by atoms with E-state index in [1.807, 2.05) is 49.7 Å². The van der Waals surface area contributed by atoms with Crippen molar-refractivity contribution in [1.82, 2.24) is 14.8 Å². The lowest BCUT2D eigenvalue weighted by Crippen LogP contribution is -2.22. The first-order valence-electron chi connectivity index (χ1n) is 8.13. The van der Waals surface area contributed by atoms with Gasteiger partial charge in [-0.1, -0.05) is 53.2 Å². The standard InChI is InChI=1S/C19H19ClN4OS/c1-12-4-6-14(7-5-12)17-22-23-19(24(17)3)26-13(2)18(25)21-16-10-8-15(20)9-11-16/h4-11,13H,1-3H3,(H,21,25). The fourth-order valence-corrected chi connectivity index (χ4v) is 3.30. The van der Waals surface area contributed by atoms with E-state index in [1.54, 1.807) is 24.3 Å². The van der Waals surface area contributed by atoms with Crippen molar-refractivity contribution in [2.45, 2.75) is 24.3 Å². The van der Waals surface area contributed by atoms with Gasteiger partial charge in [-0.25, -0.2) is 0 Å². The van der Waals surface area contributed by atoms with Gasteiger partial charge in [-0.15, -0.1) is 10.2 Å². The molecule has 5 nitrogen and oxygen atoms in total. The number of aryl methyl sites for hydroxylation is 1. The molecule has 0 bridgehead atoms. The highest BCUT2D eigenvalue weighted by Gasteiger charge is 2.19. The summed E-state index contributed by atoms with van der Waals surface area (Å²) in [6.07, 6.45) is 0. The smallest absolute Gasteiger partial charge is 0.237 e. The summed E-state index contributed by atoms with van der Waals surface area (Å²) in [7, 11) is 1.90. The summed E-state index contributed by atoms with van der Waals surface area (Å²) in [6, 6.07) is 15.1. The lowest BCUT2D eigenvalue weighted by atomic mass is 10.1. The third kappa shape index (κ3) is 4.26. The predicted octanol–water partition coefficient (Wildman–Crippen LogP) is 4.56. The van der Waals surface area contributed by atoms with Crippen molar-refractivity contribution in [3.63, 3.8) is 0 Å². The SMILES string of the molecule is Cc1ccc(-c2nnc(SC(C)C(=O)Nc3ccc(Cl)cc3)n2C)cc1. The molecule has 1 heterocycles. The van der Waals surface area contributed by atoms with Crippen molar-refractivity contribution in [3.8, 4) is 11.4 Å². The molecule has 0 saturated carbocycles. The van der Waals surface area contributed by atoms with Crippen molar-refractivity contribution in [2.24, 2.45) is 7.05 Å². The highest BCUT2D eigenvalue weighted by Crippen LogP contribution is 2.26.